The molecule has 1 atom stereocenters. The molecule has 0 amide bonds. The second kappa shape index (κ2) is 10.3. The van der Waals surface area contributed by atoms with Crippen molar-refractivity contribution in [1.29, 1.82) is 0 Å². The van der Waals surface area contributed by atoms with Gasteiger partial charge in [0.2, 0.25) is 0 Å². The average molecular weight is 402 g/mol. The molecule has 3 heteroatoms. The van der Waals surface area contributed by atoms with Crippen molar-refractivity contribution in [3.05, 3.63) is 89.7 Å². The zero-order valence-electron chi connectivity index (χ0n) is 17.8. The molecule has 156 valence electrons. The van der Waals surface area contributed by atoms with Gasteiger partial charge in [0, 0.05) is 12.4 Å². The summed E-state index contributed by atoms with van der Waals surface area (Å²) in [4.78, 5) is 4.18. The number of methoxy groups -OCH3 is 1. The van der Waals surface area contributed by atoms with Crippen LogP contribution in [0.2, 0.25) is 0 Å². The molecule has 0 bridgehead atoms. The summed E-state index contributed by atoms with van der Waals surface area (Å²) in [6, 6.07) is 21.5. The molecule has 1 unspecified atom stereocenters. The van der Waals surface area contributed by atoms with Crippen molar-refractivity contribution in [3.8, 4) is 11.5 Å². The second-order valence-corrected chi connectivity index (χ2v) is 8.22. The topological polar surface area (TPSA) is 31.4 Å². The zero-order chi connectivity index (χ0) is 20.6. The number of hydrogen-bond acceptors (Lipinski definition) is 3. The van der Waals surface area contributed by atoms with Crippen LogP contribution < -0.4 is 9.47 Å². The van der Waals surface area contributed by atoms with E-state index in [-0.39, 0.29) is 0 Å². The Bertz CT molecular complexity index is 905. The van der Waals surface area contributed by atoms with E-state index >= 15 is 0 Å². The molecule has 2 aromatic carbocycles. The highest BCUT2D eigenvalue weighted by molar-refractivity contribution is 5.44. The number of ether oxygens (including phenoxy) is 2. The van der Waals surface area contributed by atoms with Gasteiger partial charge in [-0.25, -0.2) is 0 Å². The first-order valence-electron chi connectivity index (χ1n) is 11.1. The molecule has 1 heterocycles. The van der Waals surface area contributed by atoms with Crippen LogP contribution in [0.5, 0.6) is 11.5 Å². The third kappa shape index (κ3) is 5.41. The Hall–Kier alpha value is -2.81. The van der Waals surface area contributed by atoms with Crippen molar-refractivity contribution in [2.24, 2.45) is 0 Å². The highest BCUT2D eigenvalue weighted by atomic mass is 16.5. The van der Waals surface area contributed by atoms with Crippen LogP contribution >= 0.6 is 0 Å². The average Bonchev–Trinajstić information content (AvgIpc) is 3.31. The van der Waals surface area contributed by atoms with Crippen molar-refractivity contribution in [2.75, 3.05) is 7.11 Å². The summed E-state index contributed by atoms with van der Waals surface area (Å²) in [5, 5.41) is 0. The van der Waals surface area contributed by atoms with Crippen LogP contribution in [0.3, 0.4) is 0 Å². The van der Waals surface area contributed by atoms with Crippen LogP contribution in [0, 0.1) is 0 Å². The molecule has 3 nitrogen and oxygen atoms in total. The summed E-state index contributed by atoms with van der Waals surface area (Å²) in [5.41, 5.74) is 4.02. The summed E-state index contributed by atoms with van der Waals surface area (Å²) >= 11 is 0. The predicted octanol–water partition coefficient (Wildman–Crippen LogP) is 6.37. The lowest BCUT2D eigenvalue weighted by atomic mass is 9.87. The Labute approximate surface area is 180 Å². The molecule has 1 aliphatic carbocycles. The number of aromatic nitrogens is 1. The molecule has 1 saturated carbocycles. The summed E-state index contributed by atoms with van der Waals surface area (Å²) < 4.78 is 12.0. The summed E-state index contributed by atoms with van der Waals surface area (Å²) in [6.07, 6.45) is 12.0. The van der Waals surface area contributed by atoms with Crippen molar-refractivity contribution in [3.63, 3.8) is 0 Å². The van der Waals surface area contributed by atoms with E-state index < -0.39 is 0 Å². The van der Waals surface area contributed by atoms with Crippen LogP contribution in [0.15, 0.2) is 73.1 Å². The van der Waals surface area contributed by atoms with Gasteiger partial charge in [0.1, 0.15) is 0 Å². The first-order valence-corrected chi connectivity index (χ1v) is 11.1. The first kappa shape index (κ1) is 20.5. The van der Waals surface area contributed by atoms with E-state index in [2.05, 4.69) is 65.6 Å². The minimum absolute atomic E-state index is 0.317. The van der Waals surface area contributed by atoms with Gasteiger partial charge in [-0.3, -0.25) is 4.98 Å². The van der Waals surface area contributed by atoms with Gasteiger partial charge in [0.25, 0.3) is 0 Å². The maximum Gasteiger partial charge on any atom is 0.161 e. The molecule has 30 heavy (non-hydrogen) atoms. The third-order valence-electron chi connectivity index (χ3n) is 6.11. The van der Waals surface area contributed by atoms with Crippen LogP contribution in [-0.4, -0.2) is 18.2 Å². The predicted molar refractivity (Wildman–Crippen MR) is 121 cm³/mol. The smallest absolute Gasteiger partial charge is 0.161 e. The second-order valence-electron chi connectivity index (χ2n) is 8.22. The van der Waals surface area contributed by atoms with E-state index in [0.717, 1.165) is 43.6 Å². The number of hydrogen-bond donors (Lipinski definition) is 0. The third-order valence-corrected chi connectivity index (χ3v) is 6.11. The summed E-state index contributed by atoms with van der Waals surface area (Å²) in [7, 11) is 1.72. The molecular weight excluding hydrogens is 370 g/mol. The van der Waals surface area contributed by atoms with Gasteiger partial charge >= 0.3 is 0 Å². The van der Waals surface area contributed by atoms with Crippen LogP contribution in [-0.2, 0) is 12.8 Å². The fraction of sp³-hybridized carbons (Fsp3) is 0.370. The van der Waals surface area contributed by atoms with Gasteiger partial charge in [-0.15, -0.1) is 0 Å². The minimum Gasteiger partial charge on any atom is -0.493 e. The van der Waals surface area contributed by atoms with Gasteiger partial charge in [0.05, 0.1) is 13.2 Å². The molecule has 4 rings (SSSR count). The standard InChI is InChI=1S/C27H31NO2/c1-29-26-14-13-24(20-27(26)30-25-9-5-6-10-25)23(19-22-15-17-28-18-16-22)12-11-21-7-3-2-4-8-21/h2-4,7-8,13-18,20,23,25H,5-6,9-12,19H2,1H3. The van der Waals surface area contributed by atoms with E-state index in [0.29, 0.717) is 12.0 Å². The lowest BCUT2D eigenvalue weighted by Crippen LogP contribution is -2.12. The van der Waals surface area contributed by atoms with Crippen LogP contribution in [0.25, 0.3) is 0 Å². The molecule has 0 spiro atoms. The lowest BCUT2D eigenvalue weighted by molar-refractivity contribution is 0.200. The van der Waals surface area contributed by atoms with Crippen LogP contribution in [0.4, 0.5) is 0 Å². The van der Waals surface area contributed by atoms with Gasteiger partial charge in [-0.05, 0) is 91.8 Å². The van der Waals surface area contributed by atoms with E-state index in [1.807, 2.05) is 12.4 Å². The maximum atomic E-state index is 6.37. The molecule has 0 radical (unpaired) electrons. The molecule has 0 saturated heterocycles. The molecule has 1 fully saturated rings. The Kier molecular flexibility index (Phi) is 7.02. The van der Waals surface area contributed by atoms with Gasteiger partial charge < -0.3 is 9.47 Å². The monoisotopic (exact) mass is 401 g/mol. The number of benzene rings is 2. The molecular formula is C27H31NO2. The largest absolute Gasteiger partial charge is 0.493 e. The summed E-state index contributed by atoms with van der Waals surface area (Å²) in [5.74, 6) is 2.13. The van der Waals surface area contributed by atoms with E-state index in [1.54, 1.807) is 7.11 Å². The molecule has 3 aromatic rings. The molecule has 1 aliphatic rings. The van der Waals surface area contributed by atoms with Crippen LogP contribution in [0.1, 0.15) is 54.7 Å². The zero-order valence-corrected chi connectivity index (χ0v) is 17.8. The number of aryl methyl sites for hydroxylation is 1. The van der Waals surface area contributed by atoms with Gasteiger partial charge in [0.15, 0.2) is 11.5 Å². The highest BCUT2D eigenvalue weighted by Crippen LogP contribution is 2.36. The van der Waals surface area contributed by atoms with Gasteiger partial charge in [-0.2, -0.15) is 0 Å². The Morgan fingerprint density at radius 2 is 1.67 bits per heavy atom. The van der Waals surface area contributed by atoms with Crippen molar-refractivity contribution < 1.29 is 9.47 Å². The summed E-state index contributed by atoms with van der Waals surface area (Å²) in [6.45, 7) is 0. The van der Waals surface area contributed by atoms with Crippen molar-refractivity contribution in [2.45, 2.75) is 57.0 Å². The Morgan fingerprint density at radius 3 is 2.40 bits per heavy atom. The number of pyridine rings is 1. The van der Waals surface area contributed by atoms with Gasteiger partial charge in [-0.1, -0.05) is 36.4 Å². The first-order chi connectivity index (χ1) is 14.8. The van der Waals surface area contributed by atoms with E-state index in [9.17, 15) is 0 Å². The highest BCUT2D eigenvalue weighted by Gasteiger charge is 2.20. The maximum absolute atomic E-state index is 6.37. The fourth-order valence-electron chi connectivity index (χ4n) is 4.40. The minimum atomic E-state index is 0.317. The van der Waals surface area contributed by atoms with E-state index in [1.165, 1.54) is 29.5 Å². The number of rotatable bonds is 9. The van der Waals surface area contributed by atoms with E-state index in [4.69, 9.17) is 9.47 Å². The van der Waals surface area contributed by atoms with Crippen molar-refractivity contribution in [1.82, 2.24) is 4.98 Å². The normalized spacial score (nSPS) is 15.1. The lowest BCUT2D eigenvalue weighted by Gasteiger charge is -2.21. The van der Waals surface area contributed by atoms with Crippen molar-refractivity contribution >= 4 is 0 Å². The number of nitrogens with zero attached hydrogens (tertiary/aromatic N) is 1. The Morgan fingerprint density at radius 1 is 0.900 bits per heavy atom. The fourth-order valence-corrected chi connectivity index (χ4v) is 4.40. The Balaban J connectivity index is 1.57. The molecule has 0 aliphatic heterocycles. The quantitative estimate of drug-likeness (QED) is 0.417. The molecule has 0 N–H and O–H groups in total. The molecule has 1 aromatic heterocycles. The SMILES string of the molecule is COc1ccc(C(CCc2ccccc2)Cc2ccncc2)cc1OC1CCCC1.